The molecule has 0 amide bonds. The molecule has 1 atom stereocenters. The number of nitrogens with zero attached hydrogens (tertiary/aromatic N) is 2. The predicted octanol–water partition coefficient (Wildman–Crippen LogP) is 4.86. The van der Waals surface area contributed by atoms with Gasteiger partial charge >= 0.3 is 6.18 Å². The molecule has 1 aromatic carbocycles. The number of benzene rings is 1. The fourth-order valence-corrected chi connectivity index (χ4v) is 2.88. The Morgan fingerprint density at radius 2 is 2.12 bits per heavy atom. The number of guanidine groups is 1. The van der Waals surface area contributed by atoms with Crippen LogP contribution in [0.2, 0.25) is 5.02 Å². The molecule has 4 nitrogen and oxygen atoms in total. The first-order valence-corrected chi connectivity index (χ1v) is 8.29. The molecule has 0 aliphatic heterocycles. The Labute approximate surface area is 169 Å². The Morgan fingerprint density at radius 1 is 1.40 bits per heavy atom. The van der Waals surface area contributed by atoms with E-state index in [4.69, 9.17) is 11.6 Å². The van der Waals surface area contributed by atoms with Crippen molar-refractivity contribution in [3.63, 3.8) is 0 Å². The Balaban J connectivity index is 0.00000312. The number of hydrogen-bond acceptors (Lipinski definition) is 3. The van der Waals surface area contributed by atoms with Crippen molar-refractivity contribution in [2.75, 3.05) is 7.05 Å². The fourth-order valence-electron chi connectivity index (χ4n) is 1.94. The second kappa shape index (κ2) is 9.58. The number of rotatable bonds is 4. The van der Waals surface area contributed by atoms with Crippen molar-refractivity contribution < 1.29 is 13.2 Å². The average molecular weight is 505 g/mol. The third-order valence-corrected chi connectivity index (χ3v) is 4.26. The highest BCUT2D eigenvalue weighted by atomic mass is 127. The topological polar surface area (TPSA) is 49.3 Å². The van der Waals surface area contributed by atoms with Crippen LogP contribution in [0.4, 0.5) is 13.2 Å². The van der Waals surface area contributed by atoms with Crippen molar-refractivity contribution in [3.8, 4) is 0 Å². The summed E-state index contributed by atoms with van der Waals surface area (Å²) in [5.74, 6) is 0.464. The van der Waals surface area contributed by atoms with E-state index in [0.717, 1.165) is 22.3 Å². The van der Waals surface area contributed by atoms with Crippen LogP contribution in [0.5, 0.6) is 0 Å². The summed E-state index contributed by atoms with van der Waals surface area (Å²) in [4.78, 5) is 7.63. The first-order valence-electron chi connectivity index (χ1n) is 7.04. The zero-order valence-corrected chi connectivity index (χ0v) is 17.3. The van der Waals surface area contributed by atoms with Crippen molar-refractivity contribution in [1.82, 2.24) is 15.6 Å². The lowest BCUT2D eigenvalue weighted by molar-refractivity contribution is -0.140. The molecular formula is C15H17ClF3IN4S. The maximum atomic E-state index is 12.5. The predicted molar refractivity (Wildman–Crippen MR) is 106 cm³/mol. The number of aliphatic imine (C=N–C) groups is 1. The number of thiazole rings is 1. The summed E-state index contributed by atoms with van der Waals surface area (Å²) < 4.78 is 37.6. The van der Waals surface area contributed by atoms with E-state index in [2.05, 4.69) is 20.6 Å². The monoisotopic (exact) mass is 504 g/mol. The second-order valence-corrected chi connectivity index (χ2v) is 6.35. The van der Waals surface area contributed by atoms with Gasteiger partial charge in [-0.1, -0.05) is 23.7 Å². The molecule has 2 aromatic rings. The van der Waals surface area contributed by atoms with Gasteiger partial charge in [0, 0.05) is 17.5 Å². The van der Waals surface area contributed by atoms with E-state index in [1.54, 1.807) is 13.1 Å². The molecule has 0 fully saturated rings. The van der Waals surface area contributed by atoms with Crippen LogP contribution in [0.15, 0.2) is 34.6 Å². The second-order valence-electron chi connectivity index (χ2n) is 4.97. The Bertz CT molecular complexity index is 721. The van der Waals surface area contributed by atoms with Gasteiger partial charge in [0.05, 0.1) is 12.6 Å². The highest BCUT2D eigenvalue weighted by molar-refractivity contribution is 14.0. The van der Waals surface area contributed by atoms with Crippen LogP contribution in [0.1, 0.15) is 29.2 Å². The molecule has 1 aromatic heterocycles. The van der Waals surface area contributed by atoms with Crippen LogP contribution in [0, 0.1) is 0 Å². The molecule has 0 spiro atoms. The van der Waals surface area contributed by atoms with Crippen molar-refractivity contribution >= 4 is 52.9 Å². The zero-order chi connectivity index (χ0) is 17.7. The molecule has 25 heavy (non-hydrogen) atoms. The van der Waals surface area contributed by atoms with Crippen molar-refractivity contribution in [3.05, 3.63) is 50.9 Å². The number of nitrogens with one attached hydrogen (secondary N) is 2. The molecule has 2 rings (SSSR count). The molecule has 138 valence electrons. The highest BCUT2D eigenvalue weighted by Crippen LogP contribution is 2.29. The van der Waals surface area contributed by atoms with E-state index < -0.39 is 11.9 Å². The van der Waals surface area contributed by atoms with Crippen LogP contribution in [-0.4, -0.2) is 18.0 Å². The smallest absolute Gasteiger partial charge is 0.350 e. The van der Waals surface area contributed by atoms with Crippen LogP contribution in [-0.2, 0) is 12.7 Å². The minimum absolute atomic E-state index is 0. The quantitative estimate of drug-likeness (QED) is 0.355. The number of halogens is 5. The van der Waals surface area contributed by atoms with Crippen molar-refractivity contribution in [1.29, 1.82) is 0 Å². The molecule has 0 aliphatic rings. The van der Waals surface area contributed by atoms with Gasteiger partial charge in [-0.05, 0) is 24.6 Å². The van der Waals surface area contributed by atoms with Gasteiger partial charge in [0.15, 0.2) is 11.7 Å². The van der Waals surface area contributed by atoms with E-state index in [0.29, 0.717) is 16.0 Å². The van der Waals surface area contributed by atoms with Gasteiger partial charge in [0.1, 0.15) is 5.01 Å². The summed E-state index contributed by atoms with van der Waals surface area (Å²) in [5, 5.41) is 8.07. The van der Waals surface area contributed by atoms with Crippen LogP contribution >= 0.6 is 46.9 Å². The third-order valence-electron chi connectivity index (χ3n) is 3.17. The van der Waals surface area contributed by atoms with E-state index in [1.165, 1.54) is 0 Å². The number of alkyl halides is 3. The minimum Gasteiger partial charge on any atom is -0.350 e. The lowest BCUT2D eigenvalue weighted by Crippen LogP contribution is -2.38. The molecule has 0 bridgehead atoms. The van der Waals surface area contributed by atoms with Crippen LogP contribution in [0.3, 0.4) is 0 Å². The van der Waals surface area contributed by atoms with Gasteiger partial charge in [0.2, 0.25) is 0 Å². The Kier molecular flexibility index (Phi) is 8.42. The standard InChI is InChI=1S/C15H16ClF3N4S.HI/c1-9(10-4-3-5-11(16)6-10)22-14(20-2)21-7-13-23-12(8-24-13)15(17,18)19;/h3-6,8-9H,7H2,1-2H3,(H2,20,21,22);1H. The Hall–Kier alpha value is -1.07. The van der Waals surface area contributed by atoms with Crippen LogP contribution in [0.25, 0.3) is 0 Å². The van der Waals surface area contributed by atoms with Gasteiger partial charge < -0.3 is 10.6 Å². The van der Waals surface area contributed by atoms with E-state index in [9.17, 15) is 13.2 Å². The van der Waals surface area contributed by atoms with E-state index in [-0.39, 0.29) is 36.6 Å². The summed E-state index contributed by atoms with van der Waals surface area (Å²) in [6.07, 6.45) is -4.42. The molecule has 0 radical (unpaired) electrons. The first kappa shape index (κ1) is 22.0. The SMILES string of the molecule is CN=C(NCc1nc(C(F)(F)F)cs1)NC(C)c1cccc(Cl)c1.I. The van der Waals surface area contributed by atoms with Crippen molar-refractivity contribution in [2.45, 2.75) is 25.7 Å². The third kappa shape index (κ3) is 6.63. The van der Waals surface area contributed by atoms with E-state index >= 15 is 0 Å². The first-order chi connectivity index (χ1) is 11.3. The highest BCUT2D eigenvalue weighted by Gasteiger charge is 2.33. The maximum Gasteiger partial charge on any atom is 0.434 e. The molecule has 0 saturated carbocycles. The fraction of sp³-hybridized carbons (Fsp3) is 0.333. The summed E-state index contributed by atoms with van der Waals surface area (Å²) in [5.41, 5.74) is 0.0959. The number of hydrogen-bond donors (Lipinski definition) is 2. The van der Waals surface area contributed by atoms with Gasteiger partial charge in [-0.25, -0.2) is 4.98 Å². The molecule has 10 heteroatoms. The average Bonchev–Trinajstić information content (AvgIpc) is 3.00. The molecule has 0 aliphatic carbocycles. The molecular weight excluding hydrogens is 488 g/mol. The van der Waals surface area contributed by atoms with Gasteiger partial charge in [-0.15, -0.1) is 35.3 Å². The lowest BCUT2D eigenvalue weighted by atomic mass is 10.1. The zero-order valence-electron chi connectivity index (χ0n) is 13.4. The number of aromatic nitrogens is 1. The summed E-state index contributed by atoms with van der Waals surface area (Å²) in [7, 11) is 1.59. The normalized spacial score (nSPS) is 13.1. The van der Waals surface area contributed by atoms with Gasteiger partial charge in [-0.3, -0.25) is 4.99 Å². The van der Waals surface area contributed by atoms with E-state index in [1.807, 2.05) is 25.1 Å². The lowest BCUT2D eigenvalue weighted by Gasteiger charge is -2.18. The largest absolute Gasteiger partial charge is 0.434 e. The van der Waals surface area contributed by atoms with Crippen LogP contribution < -0.4 is 10.6 Å². The summed E-state index contributed by atoms with van der Waals surface area (Å²) >= 11 is 6.92. The minimum atomic E-state index is -4.42. The maximum absolute atomic E-state index is 12.5. The molecule has 1 heterocycles. The summed E-state index contributed by atoms with van der Waals surface area (Å²) in [6, 6.07) is 7.32. The van der Waals surface area contributed by atoms with Crippen molar-refractivity contribution in [2.24, 2.45) is 4.99 Å². The van der Waals surface area contributed by atoms with Gasteiger partial charge in [0.25, 0.3) is 0 Å². The Morgan fingerprint density at radius 3 is 2.68 bits per heavy atom. The summed E-state index contributed by atoms with van der Waals surface area (Å²) in [6.45, 7) is 2.09. The molecule has 1 unspecified atom stereocenters. The van der Waals surface area contributed by atoms with Gasteiger partial charge in [-0.2, -0.15) is 13.2 Å². The molecule has 2 N–H and O–H groups in total. The molecule has 0 saturated heterocycles.